The second-order valence-electron chi connectivity index (χ2n) is 7.68. The van der Waals surface area contributed by atoms with Gasteiger partial charge in [0.25, 0.3) is 5.97 Å². The molecule has 168 valence electrons. The van der Waals surface area contributed by atoms with Crippen molar-refractivity contribution >= 4 is 0 Å². The molecule has 0 aromatic carbocycles. The van der Waals surface area contributed by atoms with Gasteiger partial charge in [-0.25, -0.2) is 0 Å². The van der Waals surface area contributed by atoms with Gasteiger partial charge >= 0.3 is 0 Å². The molecule has 5 heteroatoms. The van der Waals surface area contributed by atoms with Gasteiger partial charge in [-0.05, 0) is 33.6 Å². The molecule has 1 rings (SSSR count). The summed E-state index contributed by atoms with van der Waals surface area (Å²) in [5.41, 5.74) is 0. The maximum absolute atomic E-state index is 6.41. The minimum absolute atomic E-state index is 0.0530. The number of ether oxygens (including phenoxy) is 5. The van der Waals surface area contributed by atoms with Crippen LogP contribution in [0.3, 0.4) is 0 Å². The molecule has 0 aromatic rings. The van der Waals surface area contributed by atoms with Gasteiger partial charge in [0.2, 0.25) is 0 Å². The van der Waals surface area contributed by atoms with Crippen LogP contribution >= 0.6 is 0 Å². The lowest BCUT2D eigenvalue weighted by molar-refractivity contribution is -0.412. The van der Waals surface area contributed by atoms with Gasteiger partial charge in [0.1, 0.15) is 6.10 Å². The molecule has 0 N–H and O–H groups in total. The number of unbranched alkanes of at least 4 members (excludes halogenated alkanes) is 5. The molecule has 1 aliphatic heterocycles. The van der Waals surface area contributed by atoms with Crippen molar-refractivity contribution in [1.29, 1.82) is 0 Å². The van der Waals surface area contributed by atoms with Crippen molar-refractivity contribution in [2.24, 2.45) is 5.92 Å². The summed E-state index contributed by atoms with van der Waals surface area (Å²) in [5, 5.41) is 0. The Morgan fingerprint density at radius 1 is 0.786 bits per heavy atom. The molecule has 28 heavy (non-hydrogen) atoms. The predicted molar refractivity (Wildman–Crippen MR) is 113 cm³/mol. The molecule has 0 aromatic heterocycles. The second kappa shape index (κ2) is 15.6. The van der Waals surface area contributed by atoms with Crippen molar-refractivity contribution in [3.05, 3.63) is 0 Å². The van der Waals surface area contributed by atoms with Crippen molar-refractivity contribution < 1.29 is 23.7 Å². The quantitative estimate of drug-likeness (QED) is 0.148. The molecule has 0 spiro atoms. The van der Waals surface area contributed by atoms with Crippen LogP contribution in [0.1, 0.15) is 92.4 Å². The Labute approximate surface area is 173 Å². The largest absolute Gasteiger partial charge is 0.375 e. The highest BCUT2D eigenvalue weighted by molar-refractivity contribution is 4.82. The molecule has 3 atom stereocenters. The Morgan fingerprint density at radius 3 is 1.86 bits per heavy atom. The van der Waals surface area contributed by atoms with Crippen LogP contribution in [-0.4, -0.2) is 51.2 Å². The summed E-state index contributed by atoms with van der Waals surface area (Å²) in [7, 11) is 0. The van der Waals surface area contributed by atoms with E-state index in [-0.39, 0.29) is 18.1 Å². The fraction of sp³-hybridized carbons (Fsp3) is 1.00. The third-order valence-corrected chi connectivity index (χ3v) is 5.30. The van der Waals surface area contributed by atoms with Crippen LogP contribution in [0.2, 0.25) is 0 Å². The second-order valence-corrected chi connectivity index (χ2v) is 7.68. The van der Waals surface area contributed by atoms with Gasteiger partial charge in [0.15, 0.2) is 0 Å². The van der Waals surface area contributed by atoms with Crippen molar-refractivity contribution in [3.8, 4) is 0 Å². The van der Waals surface area contributed by atoms with E-state index in [9.17, 15) is 0 Å². The first-order valence-corrected chi connectivity index (χ1v) is 11.8. The van der Waals surface area contributed by atoms with E-state index < -0.39 is 5.97 Å². The molecule has 0 amide bonds. The van der Waals surface area contributed by atoms with Crippen molar-refractivity contribution in [2.45, 2.75) is 111 Å². The fourth-order valence-electron chi connectivity index (χ4n) is 3.81. The maximum Gasteiger partial charge on any atom is 0.288 e. The van der Waals surface area contributed by atoms with Crippen LogP contribution in [0, 0.1) is 5.92 Å². The van der Waals surface area contributed by atoms with Crippen molar-refractivity contribution in [2.75, 3.05) is 33.0 Å². The zero-order valence-electron chi connectivity index (χ0n) is 19.2. The average molecular weight is 403 g/mol. The zero-order chi connectivity index (χ0) is 20.7. The third-order valence-electron chi connectivity index (χ3n) is 5.30. The minimum Gasteiger partial charge on any atom is -0.375 e. The number of hydrogen-bond donors (Lipinski definition) is 0. The van der Waals surface area contributed by atoms with Crippen LogP contribution in [0.5, 0.6) is 0 Å². The Hall–Kier alpha value is -0.200. The Balaban J connectivity index is 2.93. The molecule has 1 aliphatic rings. The Bertz CT molecular complexity index is 342. The predicted octanol–water partition coefficient (Wildman–Crippen LogP) is 5.70. The van der Waals surface area contributed by atoms with Crippen molar-refractivity contribution in [1.82, 2.24) is 0 Å². The van der Waals surface area contributed by atoms with E-state index in [1.54, 1.807) is 0 Å². The van der Waals surface area contributed by atoms with Crippen LogP contribution < -0.4 is 0 Å². The summed E-state index contributed by atoms with van der Waals surface area (Å²) < 4.78 is 30.3. The summed E-state index contributed by atoms with van der Waals surface area (Å²) in [6, 6.07) is 0. The molecule has 0 radical (unpaired) electrons. The molecule has 1 fully saturated rings. The summed E-state index contributed by atoms with van der Waals surface area (Å²) in [5.74, 6) is -0.969. The zero-order valence-corrected chi connectivity index (χ0v) is 19.2. The highest BCUT2D eigenvalue weighted by Gasteiger charge is 2.46. The third kappa shape index (κ3) is 9.53. The lowest BCUT2D eigenvalue weighted by atomic mass is 9.89. The van der Waals surface area contributed by atoms with E-state index in [1.165, 1.54) is 32.1 Å². The fourth-order valence-corrected chi connectivity index (χ4v) is 3.81. The maximum atomic E-state index is 6.41. The normalized spacial score (nSPS) is 19.0. The molecule has 5 nitrogen and oxygen atoms in total. The first kappa shape index (κ1) is 25.8. The van der Waals surface area contributed by atoms with Gasteiger partial charge < -0.3 is 23.7 Å². The first-order valence-electron chi connectivity index (χ1n) is 11.8. The molecule has 0 saturated carbocycles. The minimum atomic E-state index is -1.02. The summed E-state index contributed by atoms with van der Waals surface area (Å²) >= 11 is 0. The standard InChI is InChI=1S/C23H46O5/c1-6-11-13-14-15-17-22(25-19-20-18-24-20)21(16-12-7-2)23(26-8-3,27-9-4)28-10-5/h20-22H,6-19H2,1-5H3. The average Bonchev–Trinajstić information content (AvgIpc) is 3.50. The van der Waals surface area contributed by atoms with E-state index in [0.29, 0.717) is 26.4 Å². The highest BCUT2D eigenvalue weighted by atomic mass is 16.9. The lowest BCUT2D eigenvalue weighted by Gasteiger charge is -2.42. The monoisotopic (exact) mass is 402 g/mol. The van der Waals surface area contributed by atoms with Crippen LogP contribution in [-0.2, 0) is 23.7 Å². The highest BCUT2D eigenvalue weighted by Crippen LogP contribution is 2.36. The van der Waals surface area contributed by atoms with E-state index in [2.05, 4.69) is 13.8 Å². The van der Waals surface area contributed by atoms with Gasteiger partial charge in [-0.15, -0.1) is 0 Å². The van der Waals surface area contributed by atoms with E-state index in [0.717, 1.165) is 32.3 Å². The summed E-state index contributed by atoms with van der Waals surface area (Å²) in [6.07, 6.45) is 10.8. The van der Waals surface area contributed by atoms with Gasteiger partial charge in [-0.1, -0.05) is 58.8 Å². The summed E-state index contributed by atoms with van der Waals surface area (Å²) in [4.78, 5) is 0. The Morgan fingerprint density at radius 2 is 1.36 bits per heavy atom. The number of rotatable bonds is 20. The van der Waals surface area contributed by atoms with Crippen LogP contribution in [0.15, 0.2) is 0 Å². The topological polar surface area (TPSA) is 49.5 Å². The number of epoxide rings is 1. The van der Waals surface area contributed by atoms with Gasteiger partial charge in [0, 0.05) is 19.8 Å². The van der Waals surface area contributed by atoms with E-state index in [1.807, 2.05) is 20.8 Å². The SMILES string of the molecule is CCCCCCCC(OCC1CO1)C(CCCC)C(OCC)(OCC)OCC. The number of hydrogen-bond acceptors (Lipinski definition) is 5. The first-order chi connectivity index (χ1) is 13.7. The molecule has 1 heterocycles. The van der Waals surface area contributed by atoms with Crippen molar-refractivity contribution in [3.63, 3.8) is 0 Å². The van der Waals surface area contributed by atoms with Gasteiger partial charge in [-0.2, -0.15) is 0 Å². The smallest absolute Gasteiger partial charge is 0.288 e. The van der Waals surface area contributed by atoms with Crippen LogP contribution in [0.25, 0.3) is 0 Å². The lowest BCUT2D eigenvalue weighted by Crippen LogP contribution is -2.52. The van der Waals surface area contributed by atoms with Crippen LogP contribution in [0.4, 0.5) is 0 Å². The molecule has 0 bridgehead atoms. The summed E-state index contributed by atoms with van der Waals surface area (Å²) in [6.45, 7) is 13.6. The molecular weight excluding hydrogens is 356 g/mol. The molecule has 3 unspecified atom stereocenters. The van der Waals surface area contributed by atoms with Gasteiger partial charge in [0.05, 0.1) is 25.2 Å². The van der Waals surface area contributed by atoms with E-state index >= 15 is 0 Å². The molecular formula is C23H46O5. The molecule has 0 aliphatic carbocycles. The molecule has 1 saturated heterocycles. The Kier molecular flexibility index (Phi) is 14.4. The van der Waals surface area contributed by atoms with E-state index in [4.69, 9.17) is 23.7 Å². The van der Waals surface area contributed by atoms with Gasteiger partial charge in [-0.3, -0.25) is 0 Å².